The fourth-order valence-electron chi connectivity index (χ4n) is 0. The first-order valence-electron chi connectivity index (χ1n) is 0. The van der Waals surface area contributed by atoms with E-state index in [0.717, 1.165) is 0 Å². The van der Waals surface area contributed by atoms with Crippen LogP contribution in [0.5, 0.6) is 0 Å². The Morgan fingerprint density at radius 3 is 1.00 bits per heavy atom. The molecule has 0 spiro atoms. The van der Waals surface area contributed by atoms with Crippen LogP contribution in [-0.2, 0) is 33.6 Å². The van der Waals surface area contributed by atoms with Crippen molar-refractivity contribution < 1.29 is 33.6 Å². The summed E-state index contributed by atoms with van der Waals surface area (Å²) in [6.45, 7) is 0. The second-order valence-corrected chi connectivity index (χ2v) is 0. The van der Waals surface area contributed by atoms with Crippen molar-refractivity contribution >= 4 is 36.2 Å². The molecule has 4 heavy (non-hydrogen) atoms. The van der Waals surface area contributed by atoms with Crippen LogP contribution < -0.4 is 0 Å². The van der Waals surface area contributed by atoms with E-state index in [-0.39, 0.29) is 69.8 Å². The third-order valence-corrected chi connectivity index (χ3v) is 0. The average Bonchev–Trinajstić information content (AvgIpc) is 0. The minimum absolute atomic E-state index is 0. The first-order valence-corrected chi connectivity index (χ1v) is 0. The van der Waals surface area contributed by atoms with Gasteiger partial charge in [-0.15, -0.1) is 0 Å². The number of rotatable bonds is 0. The van der Waals surface area contributed by atoms with Crippen molar-refractivity contribution in [3.8, 4) is 0 Å². The standard InChI is InChI=1S/Al.Li.Mn.Ni.4H. The van der Waals surface area contributed by atoms with Crippen LogP contribution >= 0.6 is 0 Å². The molecule has 0 N–H and O–H groups in total. The summed E-state index contributed by atoms with van der Waals surface area (Å²) in [5, 5.41) is 0. The van der Waals surface area contributed by atoms with Gasteiger partial charge in [0.1, 0.15) is 0 Å². The Kier molecular flexibility index (Phi) is 170. The van der Waals surface area contributed by atoms with E-state index in [4.69, 9.17) is 0 Å². The minimum atomic E-state index is 0. The van der Waals surface area contributed by atoms with Crippen LogP contribution in [-0.4, -0.2) is 36.2 Å². The van der Waals surface area contributed by atoms with E-state index in [1.54, 1.807) is 0 Å². The molecule has 0 aliphatic carbocycles. The third kappa shape index (κ3) is 8.91. The number of hydrogen-bond donors (Lipinski definition) is 0. The van der Waals surface area contributed by atoms with Gasteiger partial charge < -0.3 is 0 Å². The van der Waals surface area contributed by atoms with Gasteiger partial charge in [-0.25, -0.2) is 0 Å². The van der Waals surface area contributed by atoms with Gasteiger partial charge >= 0.3 is 18.9 Å². The Hall–Kier alpha value is 2.14. The molecule has 0 aliphatic heterocycles. The van der Waals surface area contributed by atoms with Crippen molar-refractivity contribution in [3.05, 3.63) is 0 Å². The molecule has 0 nitrogen and oxygen atoms in total. The van der Waals surface area contributed by atoms with Crippen LogP contribution in [0.1, 0.15) is 0 Å². The maximum Gasteiger partial charge on any atom is 0 e. The molecule has 25 valence electrons. The van der Waals surface area contributed by atoms with Crippen LogP contribution in [0.3, 0.4) is 0 Å². The molecule has 0 aromatic heterocycles. The first-order chi connectivity index (χ1) is 0. The molecule has 4 heteroatoms. The van der Waals surface area contributed by atoms with Crippen LogP contribution in [0.4, 0.5) is 0 Å². The van der Waals surface area contributed by atoms with Crippen LogP contribution in [0.15, 0.2) is 0 Å². The summed E-state index contributed by atoms with van der Waals surface area (Å²) in [6, 6.07) is 0. The van der Waals surface area contributed by atoms with E-state index in [1.807, 2.05) is 0 Å². The van der Waals surface area contributed by atoms with E-state index < -0.39 is 0 Å². The molecule has 0 rings (SSSR count). The zero-order valence-electron chi connectivity index (χ0n) is 0.694. The number of hydrogen-bond acceptors (Lipinski definition) is 0. The van der Waals surface area contributed by atoms with E-state index in [1.165, 1.54) is 0 Å². The van der Waals surface area contributed by atoms with E-state index in [0.29, 0.717) is 0 Å². The van der Waals surface area contributed by atoms with Crippen LogP contribution in [0.2, 0.25) is 0 Å². The maximum absolute atomic E-state index is 0. The van der Waals surface area contributed by atoms with Crippen molar-refractivity contribution in [2.45, 2.75) is 0 Å². The normalized spacial score (nSPS) is 0. The second kappa shape index (κ2) is 19.2. The van der Waals surface area contributed by atoms with Crippen molar-refractivity contribution in [2.24, 2.45) is 0 Å². The summed E-state index contributed by atoms with van der Waals surface area (Å²) in [5.41, 5.74) is 0. The van der Waals surface area contributed by atoms with Gasteiger partial charge in [-0.2, -0.15) is 0 Å². The molecule has 0 amide bonds. The second-order valence-electron chi connectivity index (χ2n) is 0. The summed E-state index contributed by atoms with van der Waals surface area (Å²) in [5.74, 6) is 0. The van der Waals surface area contributed by atoms with Crippen molar-refractivity contribution in [2.75, 3.05) is 0 Å². The van der Waals surface area contributed by atoms with Gasteiger partial charge in [0.25, 0.3) is 0 Å². The van der Waals surface area contributed by atoms with E-state index in [2.05, 4.69) is 0 Å². The Bertz CT molecular complexity index is 8.00. The molecule has 0 unspecified atom stereocenters. The van der Waals surface area contributed by atoms with Crippen molar-refractivity contribution in [3.63, 3.8) is 0 Å². The Morgan fingerprint density at radius 1 is 1.00 bits per heavy atom. The SMILES string of the molecule is [AlH3].[LiH].[Mn].[Ni]. The summed E-state index contributed by atoms with van der Waals surface area (Å²) in [6.07, 6.45) is 0. The maximum atomic E-state index is 0. The largest absolute Gasteiger partial charge is 0 e. The van der Waals surface area contributed by atoms with E-state index >= 15 is 0 Å². The van der Waals surface area contributed by atoms with Gasteiger partial charge in [0.05, 0.1) is 0 Å². The molecule has 0 heterocycles. The molecule has 0 fully saturated rings. The zero-order chi connectivity index (χ0) is 0. The van der Waals surface area contributed by atoms with Crippen molar-refractivity contribution in [1.82, 2.24) is 0 Å². The fourth-order valence-corrected chi connectivity index (χ4v) is 0. The fraction of sp³-hybridized carbons (Fsp3) is 0. The van der Waals surface area contributed by atoms with Gasteiger partial charge in [0.15, 0.2) is 17.4 Å². The Morgan fingerprint density at radius 2 is 1.00 bits per heavy atom. The molecule has 0 bridgehead atoms. The molecule has 0 aromatic carbocycles. The van der Waals surface area contributed by atoms with Crippen LogP contribution in [0.25, 0.3) is 0 Å². The molecule has 0 aliphatic rings. The molecule has 0 saturated heterocycles. The van der Waals surface area contributed by atoms with Gasteiger partial charge in [0.2, 0.25) is 0 Å². The van der Waals surface area contributed by atoms with Gasteiger partial charge in [0, 0.05) is 33.6 Å². The molecule has 1 radical (unpaired) electrons. The molecular formula is H4AlLiMnNi. The minimum Gasteiger partial charge on any atom is 0 e. The summed E-state index contributed by atoms with van der Waals surface area (Å²) in [4.78, 5) is 0. The Balaban J connectivity index is 0. The summed E-state index contributed by atoms with van der Waals surface area (Å²) < 4.78 is 0. The van der Waals surface area contributed by atoms with Gasteiger partial charge in [-0.1, -0.05) is 0 Å². The third-order valence-electron chi connectivity index (χ3n) is 0. The first kappa shape index (κ1) is 35.4. The predicted octanol–water partition coefficient (Wildman–Crippen LogP) is -1.84. The predicted molar refractivity (Wildman–Crippen MR) is 17.1 cm³/mol. The topological polar surface area (TPSA) is 0 Å². The van der Waals surface area contributed by atoms with Gasteiger partial charge in [-0.05, 0) is 0 Å². The average molecular weight is 152 g/mol. The molecule has 0 saturated carbocycles. The van der Waals surface area contributed by atoms with Gasteiger partial charge in [-0.3, -0.25) is 0 Å². The van der Waals surface area contributed by atoms with Crippen LogP contribution in [0, 0.1) is 0 Å². The summed E-state index contributed by atoms with van der Waals surface area (Å²) >= 11 is 0. The molecular weight excluding hydrogens is 148 g/mol. The molecule has 0 atom stereocenters. The summed E-state index contributed by atoms with van der Waals surface area (Å²) in [7, 11) is 0. The quantitative estimate of drug-likeness (QED) is 0.357. The Labute approximate surface area is 69.2 Å². The molecule has 0 aromatic rings. The van der Waals surface area contributed by atoms with Crippen molar-refractivity contribution in [1.29, 1.82) is 0 Å². The zero-order valence-corrected chi connectivity index (χ0v) is 2.86. The monoisotopic (exact) mass is 151 g/mol. The smallest absolute Gasteiger partial charge is 0 e. The van der Waals surface area contributed by atoms with E-state index in [9.17, 15) is 0 Å².